The second-order valence-corrected chi connectivity index (χ2v) is 8.44. The standard InChI is InChI=1S/C16H15F2N3S/c1-22(12-21-11-19-10-20-21,15-6-2-13(17)3-7-15)16-8-4-14(18)5-9-16/h2-11H,12H2,1H3. The number of nitrogens with zero attached hydrogens (tertiary/aromatic N) is 3. The van der Waals surface area contributed by atoms with Gasteiger partial charge in [0, 0.05) is 0 Å². The third kappa shape index (κ3) is 2.87. The van der Waals surface area contributed by atoms with Crippen molar-refractivity contribution in [3.05, 3.63) is 72.8 Å². The molecule has 0 N–H and O–H groups in total. The van der Waals surface area contributed by atoms with Gasteiger partial charge in [-0.1, -0.05) is 0 Å². The molecule has 1 heterocycles. The predicted octanol–water partition coefficient (Wildman–Crippen LogP) is 4.07. The monoisotopic (exact) mass is 319 g/mol. The summed E-state index contributed by atoms with van der Waals surface area (Å²) in [5.41, 5.74) is 0. The average Bonchev–Trinajstić information content (AvgIpc) is 3.01. The largest absolute Gasteiger partial charge is 0.244 e. The van der Waals surface area contributed by atoms with Gasteiger partial charge in [-0.2, -0.15) is 15.1 Å². The molecule has 1 aromatic heterocycles. The number of halogens is 2. The van der Waals surface area contributed by atoms with Crippen molar-refractivity contribution in [3.63, 3.8) is 0 Å². The molecular weight excluding hydrogens is 304 g/mol. The Balaban J connectivity index is 2.08. The highest BCUT2D eigenvalue weighted by Crippen LogP contribution is 2.60. The van der Waals surface area contributed by atoms with E-state index in [2.05, 4.69) is 16.3 Å². The van der Waals surface area contributed by atoms with Gasteiger partial charge in [-0.05, 0) is 64.6 Å². The maximum Gasteiger partial charge on any atom is 0.137 e. The molecule has 3 rings (SSSR count). The molecule has 0 aliphatic carbocycles. The molecule has 0 spiro atoms. The van der Waals surface area contributed by atoms with Crippen molar-refractivity contribution >= 4 is 10.0 Å². The highest BCUT2D eigenvalue weighted by atomic mass is 32.3. The Labute approximate surface area is 128 Å². The molecule has 0 saturated heterocycles. The summed E-state index contributed by atoms with van der Waals surface area (Å²) < 4.78 is 28.2. The van der Waals surface area contributed by atoms with Crippen LogP contribution < -0.4 is 0 Å². The Morgan fingerprint density at radius 2 is 1.41 bits per heavy atom. The Kier molecular flexibility index (Phi) is 3.94. The zero-order chi connectivity index (χ0) is 15.6. The van der Waals surface area contributed by atoms with Gasteiger partial charge < -0.3 is 0 Å². The molecule has 6 heteroatoms. The van der Waals surface area contributed by atoms with Crippen LogP contribution in [0.1, 0.15) is 0 Å². The first-order valence-corrected chi connectivity index (χ1v) is 8.89. The summed E-state index contributed by atoms with van der Waals surface area (Å²) in [6.07, 6.45) is 5.24. The molecule has 0 aliphatic heterocycles. The molecule has 0 saturated carbocycles. The Bertz CT molecular complexity index is 695. The summed E-state index contributed by atoms with van der Waals surface area (Å²) >= 11 is 0. The molecule has 3 nitrogen and oxygen atoms in total. The molecule has 0 radical (unpaired) electrons. The van der Waals surface area contributed by atoms with Crippen LogP contribution in [-0.4, -0.2) is 21.0 Å². The van der Waals surface area contributed by atoms with E-state index in [9.17, 15) is 8.78 Å². The second kappa shape index (κ2) is 5.88. The molecule has 0 fully saturated rings. The first kappa shape index (κ1) is 14.7. The summed E-state index contributed by atoms with van der Waals surface area (Å²) in [4.78, 5) is 5.99. The minimum absolute atomic E-state index is 0.273. The Morgan fingerprint density at radius 1 is 0.909 bits per heavy atom. The smallest absolute Gasteiger partial charge is 0.137 e. The molecule has 114 valence electrons. The van der Waals surface area contributed by atoms with Crippen molar-refractivity contribution < 1.29 is 8.78 Å². The van der Waals surface area contributed by atoms with Gasteiger partial charge in [-0.15, -0.1) is 0 Å². The Hall–Kier alpha value is -2.21. The summed E-state index contributed by atoms with van der Waals surface area (Å²) in [5.74, 6) is 0.0558. The maximum atomic E-state index is 13.2. The van der Waals surface area contributed by atoms with Crippen LogP contribution in [0.5, 0.6) is 0 Å². The fourth-order valence-electron chi connectivity index (χ4n) is 2.32. The fourth-order valence-corrected chi connectivity index (χ4v) is 5.03. The molecule has 0 amide bonds. The first-order valence-electron chi connectivity index (χ1n) is 6.67. The second-order valence-electron chi connectivity index (χ2n) is 5.06. The van der Waals surface area contributed by atoms with Gasteiger partial charge in [-0.25, -0.2) is 18.4 Å². The van der Waals surface area contributed by atoms with Crippen molar-refractivity contribution in [1.82, 2.24) is 14.8 Å². The van der Waals surface area contributed by atoms with Crippen molar-refractivity contribution in [2.24, 2.45) is 0 Å². The molecule has 0 unspecified atom stereocenters. The van der Waals surface area contributed by atoms with Gasteiger partial charge >= 0.3 is 0 Å². The first-order chi connectivity index (χ1) is 10.6. The number of rotatable bonds is 4. The highest BCUT2D eigenvalue weighted by Gasteiger charge is 2.24. The molecule has 0 atom stereocenters. The molecule has 3 aromatic rings. The Morgan fingerprint density at radius 3 is 1.82 bits per heavy atom. The van der Waals surface area contributed by atoms with Crippen molar-refractivity contribution in [1.29, 1.82) is 0 Å². The van der Waals surface area contributed by atoms with Crippen LogP contribution in [0, 0.1) is 11.6 Å². The van der Waals surface area contributed by atoms with E-state index in [1.54, 1.807) is 35.3 Å². The van der Waals surface area contributed by atoms with Gasteiger partial charge in [0.15, 0.2) is 0 Å². The van der Waals surface area contributed by atoms with E-state index in [4.69, 9.17) is 0 Å². The van der Waals surface area contributed by atoms with Crippen LogP contribution in [0.4, 0.5) is 8.78 Å². The van der Waals surface area contributed by atoms with Crippen molar-refractivity contribution in [2.45, 2.75) is 15.7 Å². The van der Waals surface area contributed by atoms with Crippen LogP contribution >= 0.6 is 10.0 Å². The lowest BCUT2D eigenvalue weighted by Crippen LogP contribution is -2.10. The highest BCUT2D eigenvalue weighted by molar-refractivity contribution is 8.32. The maximum absolute atomic E-state index is 13.2. The minimum atomic E-state index is -1.53. The fraction of sp³-hybridized carbons (Fsp3) is 0.125. The lowest BCUT2D eigenvalue weighted by Gasteiger charge is -2.36. The summed E-state index contributed by atoms with van der Waals surface area (Å²) in [6.45, 7) is 0. The third-order valence-electron chi connectivity index (χ3n) is 3.52. The molecule has 0 aliphatic rings. The van der Waals surface area contributed by atoms with E-state index in [0.717, 1.165) is 9.79 Å². The normalized spacial score (nSPS) is 12.3. The topological polar surface area (TPSA) is 30.7 Å². The summed E-state index contributed by atoms with van der Waals surface area (Å²) in [5, 5.41) is 4.17. The van der Waals surface area contributed by atoms with E-state index >= 15 is 0 Å². The molecule has 0 bridgehead atoms. The minimum Gasteiger partial charge on any atom is -0.244 e. The van der Waals surface area contributed by atoms with Crippen LogP contribution in [-0.2, 0) is 5.88 Å². The van der Waals surface area contributed by atoms with E-state index < -0.39 is 10.0 Å². The molecule has 2 aromatic carbocycles. The lowest BCUT2D eigenvalue weighted by molar-refractivity contribution is 0.626. The van der Waals surface area contributed by atoms with Gasteiger partial charge in [0.1, 0.15) is 24.3 Å². The number of hydrogen-bond donors (Lipinski definition) is 0. The van der Waals surface area contributed by atoms with E-state index in [-0.39, 0.29) is 11.6 Å². The zero-order valence-electron chi connectivity index (χ0n) is 12.0. The van der Waals surface area contributed by atoms with Crippen LogP contribution in [0.3, 0.4) is 0 Å². The number of aromatic nitrogens is 3. The zero-order valence-corrected chi connectivity index (χ0v) is 12.8. The summed E-state index contributed by atoms with van der Waals surface area (Å²) in [6, 6.07) is 12.9. The van der Waals surface area contributed by atoms with E-state index in [1.165, 1.54) is 30.6 Å². The SMILES string of the molecule is CS(Cn1cncn1)(c1ccc(F)cc1)c1ccc(F)cc1. The van der Waals surface area contributed by atoms with Gasteiger partial charge in [0.2, 0.25) is 0 Å². The molecular formula is C16H15F2N3S. The van der Waals surface area contributed by atoms with Crippen molar-refractivity contribution in [3.8, 4) is 0 Å². The lowest BCUT2D eigenvalue weighted by atomic mass is 10.3. The van der Waals surface area contributed by atoms with E-state index in [0.29, 0.717) is 5.88 Å². The molecule has 22 heavy (non-hydrogen) atoms. The van der Waals surface area contributed by atoms with Gasteiger partial charge in [0.05, 0.1) is 5.88 Å². The summed E-state index contributed by atoms with van der Waals surface area (Å²) in [7, 11) is -1.53. The quantitative estimate of drug-likeness (QED) is 0.726. The van der Waals surface area contributed by atoms with Gasteiger partial charge in [0.25, 0.3) is 0 Å². The van der Waals surface area contributed by atoms with E-state index in [1.807, 2.05) is 0 Å². The third-order valence-corrected chi connectivity index (χ3v) is 6.93. The van der Waals surface area contributed by atoms with Crippen LogP contribution in [0.15, 0.2) is 71.0 Å². The van der Waals surface area contributed by atoms with Crippen LogP contribution in [0.2, 0.25) is 0 Å². The average molecular weight is 319 g/mol. The predicted molar refractivity (Wildman–Crippen MR) is 82.9 cm³/mol. The number of benzene rings is 2. The van der Waals surface area contributed by atoms with Crippen molar-refractivity contribution in [2.75, 3.05) is 6.26 Å². The van der Waals surface area contributed by atoms with Gasteiger partial charge in [-0.3, -0.25) is 0 Å². The number of hydrogen-bond acceptors (Lipinski definition) is 2. The van der Waals surface area contributed by atoms with Crippen LogP contribution in [0.25, 0.3) is 0 Å².